The van der Waals surface area contributed by atoms with E-state index < -0.39 is 0 Å². The number of aliphatic imine (C=N–C) groups is 1. The molecule has 0 bridgehead atoms. The van der Waals surface area contributed by atoms with Crippen molar-refractivity contribution in [2.75, 3.05) is 0 Å². The number of allylic oxidation sites excluding steroid dienone is 4. The Morgan fingerprint density at radius 3 is 2.35 bits per heavy atom. The zero-order valence-corrected chi connectivity index (χ0v) is 11.8. The van der Waals surface area contributed by atoms with Gasteiger partial charge in [0.05, 0.1) is 11.4 Å². The SMILES string of the molecule is Cc1cc(N=C2C=CC(=O)C=C2)ccc1O.[Na+]. The van der Waals surface area contributed by atoms with Crippen LogP contribution in [-0.4, -0.2) is 16.6 Å². The van der Waals surface area contributed by atoms with Gasteiger partial charge in [-0.25, -0.2) is 4.99 Å². The first kappa shape index (κ1) is 13.9. The molecule has 1 N–H and O–H groups in total. The Morgan fingerprint density at radius 2 is 1.76 bits per heavy atom. The van der Waals surface area contributed by atoms with Crippen LogP contribution in [0.25, 0.3) is 0 Å². The van der Waals surface area contributed by atoms with E-state index in [1.165, 1.54) is 12.2 Å². The molecule has 0 saturated carbocycles. The number of aromatic hydroxyl groups is 1. The Hall–Kier alpha value is -1.16. The topological polar surface area (TPSA) is 49.7 Å². The first-order chi connectivity index (χ1) is 7.65. The molecule has 1 aromatic carbocycles. The summed E-state index contributed by atoms with van der Waals surface area (Å²) in [4.78, 5) is 15.2. The first-order valence-corrected chi connectivity index (χ1v) is 4.93. The van der Waals surface area contributed by atoms with E-state index in [1.807, 2.05) is 6.92 Å². The van der Waals surface area contributed by atoms with Gasteiger partial charge in [-0.15, -0.1) is 0 Å². The predicted octanol–water partition coefficient (Wildman–Crippen LogP) is -0.528. The minimum absolute atomic E-state index is 0. The number of nitrogens with zero attached hydrogens (tertiary/aromatic N) is 1. The molecule has 0 aliphatic heterocycles. The molecule has 0 amide bonds. The van der Waals surface area contributed by atoms with Gasteiger partial charge in [-0.1, -0.05) is 0 Å². The summed E-state index contributed by atoms with van der Waals surface area (Å²) in [5.41, 5.74) is 2.26. The van der Waals surface area contributed by atoms with Crippen molar-refractivity contribution in [1.29, 1.82) is 0 Å². The van der Waals surface area contributed by atoms with Gasteiger partial charge in [-0.3, -0.25) is 4.79 Å². The van der Waals surface area contributed by atoms with Crippen molar-refractivity contribution < 1.29 is 39.5 Å². The number of aryl methyl sites for hydroxylation is 1. The number of phenolic OH excluding ortho intramolecular Hbond substituents is 1. The molecule has 2 rings (SSSR count). The maximum Gasteiger partial charge on any atom is 1.00 e. The van der Waals surface area contributed by atoms with E-state index in [1.54, 1.807) is 30.4 Å². The van der Waals surface area contributed by atoms with E-state index in [2.05, 4.69) is 4.99 Å². The van der Waals surface area contributed by atoms with Gasteiger partial charge >= 0.3 is 29.6 Å². The Kier molecular flexibility index (Phi) is 4.87. The number of benzene rings is 1. The first-order valence-electron chi connectivity index (χ1n) is 4.93. The second-order valence-electron chi connectivity index (χ2n) is 3.58. The molecule has 0 radical (unpaired) electrons. The molecule has 0 fully saturated rings. The summed E-state index contributed by atoms with van der Waals surface area (Å²) in [7, 11) is 0. The van der Waals surface area contributed by atoms with Gasteiger partial charge in [-0.05, 0) is 55.0 Å². The number of phenols is 1. The van der Waals surface area contributed by atoms with Crippen molar-refractivity contribution in [1.82, 2.24) is 0 Å². The Balaban J connectivity index is 0.00000144. The van der Waals surface area contributed by atoms with Crippen LogP contribution in [0.1, 0.15) is 5.56 Å². The Morgan fingerprint density at radius 1 is 1.12 bits per heavy atom. The third-order valence-corrected chi connectivity index (χ3v) is 2.28. The molecule has 1 aliphatic carbocycles. The van der Waals surface area contributed by atoms with Crippen LogP contribution in [0.5, 0.6) is 5.75 Å². The minimum atomic E-state index is -0.0270. The maximum atomic E-state index is 10.9. The number of rotatable bonds is 1. The van der Waals surface area contributed by atoms with Crippen LogP contribution in [0.15, 0.2) is 47.5 Å². The average Bonchev–Trinajstić information content (AvgIpc) is 2.27. The second kappa shape index (κ2) is 5.96. The number of carbonyl (C=O) groups is 1. The van der Waals surface area contributed by atoms with Crippen LogP contribution in [-0.2, 0) is 4.79 Å². The van der Waals surface area contributed by atoms with Gasteiger partial charge in [0.25, 0.3) is 0 Å². The third-order valence-electron chi connectivity index (χ3n) is 2.28. The summed E-state index contributed by atoms with van der Waals surface area (Å²) in [6.45, 7) is 1.81. The zero-order valence-electron chi connectivity index (χ0n) is 9.84. The van der Waals surface area contributed by atoms with E-state index >= 15 is 0 Å². The van der Waals surface area contributed by atoms with Crippen LogP contribution in [0.2, 0.25) is 0 Å². The van der Waals surface area contributed by atoms with Crippen molar-refractivity contribution >= 4 is 17.2 Å². The summed E-state index contributed by atoms with van der Waals surface area (Å²) in [5, 5.41) is 9.36. The quantitative estimate of drug-likeness (QED) is 0.526. The fraction of sp³-hybridized carbons (Fsp3) is 0.0769. The summed E-state index contributed by atoms with van der Waals surface area (Å²) in [6.07, 6.45) is 6.30. The normalized spacial score (nSPS) is 13.5. The van der Waals surface area contributed by atoms with E-state index in [4.69, 9.17) is 0 Å². The molecule has 0 aromatic heterocycles. The molecule has 3 nitrogen and oxygen atoms in total. The molecule has 0 spiro atoms. The zero-order chi connectivity index (χ0) is 11.5. The molecule has 0 saturated heterocycles. The van der Waals surface area contributed by atoms with Crippen LogP contribution in [0, 0.1) is 6.92 Å². The van der Waals surface area contributed by atoms with E-state index in [0.29, 0.717) is 0 Å². The van der Waals surface area contributed by atoms with E-state index in [-0.39, 0.29) is 41.1 Å². The third kappa shape index (κ3) is 3.66. The van der Waals surface area contributed by atoms with Crippen LogP contribution in [0.3, 0.4) is 0 Å². The molecule has 1 aromatic rings. The van der Waals surface area contributed by atoms with Gasteiger partial charge in [0.1, 0.15) is 5.75 Å². The van der Waals surface area contributed by atoms with Crippen LogP contribution < -0.4 is 29.6 Å². The van der Waals surface area contributed by atoms with Crippen LogP contribution >= 0.6 is 0 Å². The summed E-state index contributed by atoms with van der Waals surface area (Å²) in [5.74, 6) is 0.231. The number of ketones is 1. The monoisotopic (exact) mass is 236 g/mol. The van der Waals surface area contributed by atoms with Crippen molar-refractivity contribution in [2.24, 2.45) is 4.99 Å². The summed E-state index contributed by atoms with van der Waals surface area (Å²) >= 11 is 0. The number of hydrogen-bond donors (Lipinski definition) is 1. The number of carbonyl (C=O) groups excluding carboxylic acids is 1. The number of hydrogen-bond acceptors (Lipinski definition) is 3. The summed E-state index contributed by atoms with van der Waals surface area (Å²) in [6, 6.07) is 5.13. The van der Waals surface area contributed by atoms with Gasteiger partial charge in [0.2, 0.25) is 0 Å². The molecule has 0 unspecified atom stereocenters. The van der Waals surface area contributed by atoms with Crippen molar-refractivity contribution in [3.8, 4) is 5.75 Å². The average molecular weight is 236 g/mol. The van der Waals surface area contributed by atoms with Crippen molar-refractivity contribution in [3.05, 3.63) is 48.1 Å². The van der Waals surface area contributed by atoms with Gasteiger partial charge < -0.3 is 5.11 Å². The van der Waals surface area contributed by atoms with Gasteiger partial charge in [-0.2, -0.15) is 0 Å². The Bertz CT molecular complexity index is 512. The predicted molar refractivity (Wildman–Crippen MR) is 63.2 cm³/mol. The molecule has 80 valence electrons. The molecule has 0 heterocycles. The van der Waals surface area contributed by atoms with Crippen LogP contribution in [0.4, 0.5) is 5.69 Å². The van der Waals surface area contributed by atoms with Gasteiger partial charge in [0.15, 0.2) is 5.78 Å². The van der Waals surface area contributed by atoms with E-state index in [9.17, 15) is 9.90 Å². The fourth-order valence-corrected chi connectivity index (χ4v) is 1.38. The Labute approximate surface area is 122 Å². The standard InChI is InChI=1S/C13H11NO2.Na/c1-9-8-11(4-7-13(9)16)14-10-2-5-12(15)6-3-10;/h2-8,16H,1H3;/q;+1. The fourth-order valence-electron chi connectivity index (χ4n) is 1.38. The molecule has 0 atom stereocenters. The minimum Gasteiger partial charge on any atom is -0.508 e. The van der Waals surface area contributed by atoms with E-state index in [0.717, 1.165) is 17.0 Å². The second-order valence-corrected chi connectivity index (χ2v) is 3.58. The molecule has 4 heteroatoms. The molecule has 1 aliphatic rings. The largest absolute Gasteiger partial charge is 1.00 e. The van der Waals surface area contributed by atoms with Crippen molar-refractivity contribution in [3.63, 3.8) is 0 Å². The van der Waals surface area contributed by atoms with Crippen molar-refractivity contribution in [2.45, 2.75) is 6.92 Å². The smallest absolute Gasteiger partial charge is 0.508 e. The summed E-state index contributed by atoms with van der Waals surface area (Å²) < 4.78 is 0. The molecular formula is C13H11NNaO2+. The maximum absolute atomic E-state index is 10.9. The molecule has 17 heavy (non-hydrogen) atoms. The molecular weight excluding hydrogens is 225 g/mol. The van der Waals surface area contributed by atoms with Gasteiger partial charge in [0, 0.05) is 0 Å².